The van der Waals surface area contributed by atoms with Gasteiger partial charge in [-0.3, -0.25) is 14.8 Å². The lowest BCUT2D eigenvalue weighted by atomic mass is 10.1. The fraction of sp³-hybridized carbons (Fsp3) is 0.238. The minimum absolute atomic E-state index is 0.183. The predicted molar refractivity (Wildman–Crippen MR) is 117 cm³/mol. The van der Waals surface area contributed by atoms with Gasteiger partial charge in [-0.05, 0) is 49.6 Å². The summed E-state index contributed by atoms with van der Waals surface area (Å²) >= 11 is 0. The number of anilines is 2. The normalized spacial score (nSPS) is 14.3. The van der Waals surface area contributed by atoms with Crippen molar-refractivity contribution in [1.29, 1.82) is 0 Å². The van der Waals surface area contributed by atoms with Crippen LogP contribution in [0.5, 0.6) is 0 Å². The molecule has 2 heterocycles. The second-order valence-electron chi connectivity index (χ2n) is 7.27. The van der Waals surface area contributed by atoms with Gasteiger partial charge in [0, 0.05) is 36.5 Å². The van der Waals surface area contributed by atoms with E-state index in [9.17, 15) is 18.5 Å². The third-order valence-corrected chi connectivity index (χ3v) is 6.46. The number of hydrogen-bond donors (Lipinski definition) is 1. The smallest absolute Gasteiger partial charge is 0.270 e. The summed E-state index contributed by atoms with van der Waals surface area (Å²) in [6.07, 6.45) is 3.54. The first kappa shape index (κ1) is 20.7. The summed E-state index contributed by atoms with van der Waals surface area (Å²) in [5.41, 5.74) is 1.36. The van der Waals surface area contributed by atoms with Gasteiger partial charge in [-0.15, -0.1) is 10.2 Å². The van der Waals surface area contributed by atoms with Crippen molar-refractivity contribution in [2.24, 2.45) is 0 Å². The number of nitrogens with one attached hydrogen (secondary N) is 1. The van der Waals surface area contributed by atoms with Gasteiger partial charge in [0.1, 0.15) is 0 Å². The molecule has 0 bridgehead atoms. The molecule has 9 nitrogen and oxygen atoms in total. The first-order valence-electron chi connectivity index (χ1n) is 9.89. The van der Waals surface area contributed by atoms with Crippen LogP contribution in [0.15, 0.2) is 65.6 Å². The average molecular weight is 439 g/mol. The molecule has 160 valence electrons. The van der Waals surface area contributed by atoms with Crippen LogP contribution in [0.25, 0.3) is 11.3 Å². The number of piperidine rings is 1. The van der Waals surface area contributed by atoms with Gasteiger partial charge in [-0.25, -0.2) is 8.42 Å². The zero-order valence-electron chi connectivity index (χ0n) is 16.6. The molecule has 0 atom stereocenters. The molecule has 1 fully saturated rings. The van der Waals surface area contributed by atoms with Crippen molar-refractivity contribution < 1.29 is 13.3 Å². The molecule has 4 rings (SSSR count). The Balaban J connectivity index is 1.54. The highest BCUT2D eigenvalue weighted by Gasteiger charge is 2.18. The monoisotopic (exact) mass is 439 g/mol. The quantitative estimate of drug-likeness (QED) is 0.458. The standard InChI is InChI=1S/C21H21N5O4S/c27-26(28)18-8-5-9-19(15-18)31(29,30)24-17-7-4-6-16(14-17)20-10-11-21(23-22-20)25-12-2-1-3-13-25/h4-11,14-15,24H,1-3,12-13H2. The van der Waals surface area contributed by atoms with Gasteiger partial charge in [-0.1, -0.05) is 18.2 Å². The van der Waals surface area contributed by atoms with Crippen molar-refractivity contribution in [3.63, 3.8) is 0 Å². The zero-order valence-corrected chi connectivity index (χ0v) is 17.5. The number of aromatic nitrogens is 2. The summed E-state index contributed by atoms with van der Waals surface area (Å²) in [6, 6.07) is 15.5. The number of sulfonamides is 1. The highest BCUT2D eigenvalue weighted by atomic mass is 32.2. The van der Waals surface area contributed by atoms with E-state index in [1.54, 1.807) is 18.2 Å². The van der Waals surface area contributed by atoms with Gasteiger partial charge in [0.15, 0.2) is 5.82 Å². The van der Waals surface area contributed by atoms with Crippen LogP contribution in [0.3, 0.4) is 0 Å². The van der Waals surface area contributed by atoms with E-state index in [-0.39, 0.29) is 10.6 Å². The van der Waals surface area contributed by atoms with Crippen LogP contribution in [0.4, 0.5) is 17.2 Å². The van der Waals surface area contributed by atoms with E-state index in [0.29, 0.717) is 16.9 Å². The number of nitrogens with zero attached hydrogens (tertiary/aromatic N) is 4. The molecule has 0 unspecified atom stereocenters. The minimum Gasteiger partial charge on any atom is -0.355 e. The van der Waals surface area contributed by atoms with Gasteiger partial charge < -0.3 is 4.90 Å². The Hall–Kier alpha value is -3.53. The lowest BCUT2D eigenvalue weighted by molar-refractivity contribution is -0.385. The average Bonchev–Trinajstić information content (AvgIpc) is 2.80. The van der Waals surface area contributed by atoms with Gasteiger partial charge >= 0.3 is 0 Å². The lowest BCUT2D eigenvalue weighted by Crippen LogP contribution is -2.30. The largest absolute Gasteiger partial charge is 0.355 e. The SMILES string of the molecule is O=[N+]([O-])c1cccc(S(=O)(=O)Nc2cccc(-c3ccc(N4CCCCC4)nn3)c2)c1. The minimum atomic E-state index is -3.99. The van der Waals surface area contributed by atoms with Crippen molar-refractivity contribution in [2.45, 2.75) is 24.2 Å². The van der Waals surface area contributed by atoms with Crippen molar-refractivity contribution in [3.8, 4) is 11.3 Å². The van der Waals surface area contributed by atoms with Crippen molar-refractivity contribution in [2.75, 3.05) is 22.7 Å². The van der Waals surface area contributed by atoms with Crippen LogP contribution in [0.1, 0.15) is 19.3 Å². The summed E-state index contributed by atoms with van der Waals surface area (Å²) in [6.45, 7) is 1.95. The Bertz CT molecular complexity index is 1190. The van der Waals surface area contributed by atoms with E-state index in [0.717, 1.165) is 37.8 Å². The Morgan fingerprint density at radius 1 is 0.935 bits per heavy atom. The molecular formula is C21H21N5O4S. The fourth-order valence-corrected chi connectivity index (χ4v) is 4.58. The van der Waals surface area contributed by atoms with Gasteiger partial charge in [-0.2, -0.15) is 0 Å². The maximum atomic E-state index is 12.7. The number of nitro groups is 1. The number of nitro benzene ring substituents is 1. The van der Waals surface area contributed by atoms with Crippen LogP contribution in [0.2, 0.25) is 0 Å². The van der Waals surface area contributed by atoms with Crippen molar-refractivity contribution >= 4 is 27.2 Å². The van der Waals surface area contributed by atoms with E-state index in [2.05, 4.69) is 19.8 Å². The summed E-state index contributed by atoms with van der Waals surface area (Å²) < 4.78 is 27.8. The second-order valence-corrected chi connectivity index (χ2v) is 8.95. The second kappa shape index (κ2) is 8.68. The van der Waals surface area contributed by atoms with Crippen LogP contribution < -0.4 is 9.62 Å². The summed E-state index contributed by atoms with van der Waals surface area (Å²) in [5, 5.41) is 19.6. The highest BCUT2D eigenvalue weighted by Crippen LogP contribution is 2.25. The Labute approximate surface area is 179 Å². The Kier molecular flexibility index (Phi) is 5.81. The molecule has 0 amide bonds. The molecular weight excluding hydrogens is 418 g/mol. The maximum absolute atomic E-state index is 12.7. The molecule has 10 heteroatoms. The maximum Gasteiger partial charge on any atom is 0.270 e. The number of rotatable bonds is 6. The molecule has 1 N–H and O–H groups in total. The van der Waals surface area contributed by atoms with Crippen LogP contribution in [-0.2, 0) is 10.0 Å². The lowest BCUT2D eigenvalue weighted by Gasteiger charge is -2.27. The molecule has 1 saturated heterocycles. The van der Waals surface area contributed by atoms with E-state index < -0.39 is 14.9 Å². The molecule has 1 aliphatic rings. The topological polar surface area (TPSA) is 118 Å². The van der Waals surface area contributed by atoms with E-state index in [1.165, 1.54) is 24.6 Å². The van der Waals surface area contributed by atoms with Gasteiger partial charge in [0.2, 0.25) is 0 Å². The van der Waals surface area contributed by atoms with Crippen LogP contribution in [0, 0.1) is 10.1 Å². The van der Waals surface area contributed by atoms with Crippen LogP contribution >= 0.6 is 0 Å². The van der Waals surface area contributed by atoms with Gasteiger partial charge in [0.25, 0.3) is 15.7 Å². The first-order valence-corrected chi connectivity index (χ1v) is 11.4. The molecule has 0 saturated carbocycles. The number of benzene rings is 2. The predicted octanol–water partition coefficient (Wildman–Crippen LogP) is 3.84. The molecule has 31 heavy (non-hydrogen) atoms. The molecule has 1 aliphatic heterocycles. The first-order chi connectivity index (χ1) is 14.9. The number of non-ortho nitro benzene ring substituents is 1. The van der Waals surface area contributed by atoms with E-state index in [4.69, 9.17) is 0 Å². The summed E-state index contributed by atoms with van der Waals surface area (Å²) in [7, 11) is -3.99. The molecule has 0 radical (unpaired) electrons. The molecule has 0 spiro atoms. The molecule has 0 aliphatic carbocycles. The molecule has 2 aromatic carbocycles. The summed E-state index contributed by atoms with van der Waals surface area (Å²) in [4.78, 5) is 12.3. The van der Waals surface area contributed by atoms with Crippen molar-refractivity contribution in [1.82, 2.24) is 10.2 Å². The fourth-order valence-electron chi connectivity index (χ4n) is 3.49. The third kappa shape index (κ3) is 4.80. The Morgan fingerprint density at radius 3 is 2.42 bits per heavy atom. The zero-order chi connectivity index (χ0) is 21.8. The van der Waals surface area contributed by atoms with Crippen LogP contribution in [-0.4, -0.2) is 36.6 Å². The van der Waals surface area contributed by atoms with Gasteiger partial charge in [0.05, 0.1) is 15.5 Å². The summed E-state index contributed by atoms with van der Waals surface area (Å²) in [5.74, 6) is 0.839. The van der Waals surface area contributed by atoms with E-state index >= 15 is 0 Å². The third-order valence-electron chi connectivity index (χ3n) is 5.08. The Morgan fingerprint density at radius 2 is 1.71 bits per heavy atom. The number of hydrogen-bond acceptors (Lipinski definition) is 7. The van der Waals surface area contributed by atoms with E-state index in [1.807, 2.05) is 18.2 Å². The molecule has 1 aromatic heterocycles. The highest BCUT2D eigenvalue weighted by molar-refractivity contribution is 7.92. The van der Waals surface area contributed by atoms with Crippen molar-refractivity contribution in [3.05, 3.63) is 70.8 Å². The molecule has 3 aromatic rings.